The molecule has 74 valence electrons. The average molecular weight is 191 g/mol. The van der Waals surface area contributed by atoms with Crippen LogP contribution in [0.2, 0.25) is 0 Å². The zero-order valence-electron chi connectivity index (χ0n) is 7.95. The lowest BCUT2D eigenvalue weighted by Gasteiger charge is -2.09. The van der Waals surface area contributed by atoms with Crippen LogP contribution in [0.4, 0.5) is 0 Å². The topological polar surface area (TPSA) is 49.4 Å². The number of allylic oxidation sites excluding steroid dienone is 1. The van der Waals surface area contributed by atoms with Gasteiger partial charge in [0.05, 0.1) is 13.1 Å². The fourth-order valence-electron chi connectivity index (χ4n) is 1.22. The summed E-state index contributed by atoms with van der Waals surface area (Å²) < 4.78 is 5.07. The first-order valence-corrected chi connectivity index (χ1v) is 4.18. The number of benzene rings is 1. The van der Waals surface area contributed by atoms with E-state index in [9.17, 15) is 9.90 Å². The Labute approximate surface area is 82.6 Å². The zero-order chi connectivity index (χ0) is 10.6. The highest BCUT2D eigenvalue weighted by molar-refractivity contribution is 5.86. The molecule has 0 atom stereocenters. The van der Waals surface area contributed by atoms with Crippen molar-refractivity contribution in [2.24, 2.45) is 0 Å². The van der Waals surface area contributed by atoms with Crippen LogP contribution in [0.3, 0.4) is 0 Å². The molecule has 0 fully saturated rings. The van der Waals surface area contributed by atoms with Crippen LogP contribution < -0.4 is 9.84 Å². The molecule has 0 saturated carbocycles. The number of methoxy groups -OCH3 is 1. The summed E-state index contributed by atoms with van der Waals surface area (Å²) in [6, 6.07) is 4.61. The van der Waals surface area contributed by atoms with Crippen molar-refractivity contribution in [2.45, 2.75) is 6.42 Å². The first kappa shape index (κ1) is 10.3. The van der Waals surface area contributed by atoms with Crippen molar-refractivity contribution < 1.29 is 14.6 Å². The van der Waals surface area contributed by atoms with Gasteiger partial charge in [-0.25, -0.2) is 0 Å². The second kappa shape index (κ2) is 4.46. The lowest BCUT2D eigenvalue weighted by molar-refractivity contribution is -0.255. The van der Waals surface area contributed by atoms with Gasteiger partial charge in [0.15, 0.2) is 0 Å². The van der Waals surface area contributed by atoms with E-state index in [0.717, 1.165) is 5.56 Å². The summed E-state index contributed by atoms with van der Waals surface area (Å²) in [5.74, 6) is -0.520. The van der Waals surface area contributed by atoms with E-state index in [2.05, 4.69) is 6.58 Å². The molecule has 0 aliphatic rings. The van der Waals surface area contributed by atoms with Gasteiger partial charge in [0.1, 0.15) is 5.75 Å². The Morgan fingerprint density at radius 3 is 2.86 bits per heavy atom. The van der Waals surface area contributed by atoms with Crippen LogP contribution in [0.25, 0.3) is 0 Å². The molecule has 1 aromatic carbocycles. The Morgan fingerprint density at radius 1 is 1.64 bits per heavy atom. The highest BCUT2D eigenvalue weighted by Gasteiger charge is 2.03. The maximum Gasteiger partial charge on any atom is 0.122 e. The third kappa shape index (κ3) is 2.13. The third-order valence-corrected chi connectivity index (χ3v) is 1.88. The fourth-order valence-corrected chi connectivity index (χ4v) is 1.22. The molecule has 1 aromatic rings. The molecule has 3 heteroatoms. The van der Waals surface area contributed by atoms with Crippen molar-refractivity contribution in [1.82, 2.24) is 0 Å². The van der Waals surface area contributed by atoms with E-state index in [4.69, 9.17) is 4.74 Å². The van der Waals surface area contributed by atoms with Crippen LogP contribution in [-0.2, 0) is 6.42 Å². The van der Waals surface area contributed by atoms with Crippen molar-refractivity contribution in [3.8, 4) is 5.75 Å². The van der Waals surface area contributed by atoms with E-state index in [0.29, 0.717) is 12.2 Å². The van der Waals surface area contributed by atoms with Gasteiger partial charge in [-0.2, -0.15) is 0 Å². The maximum absolute atomic E-state index is 10.6. The van der Waals surface area contributed by atoms with Crippen LogP contribution >= 0.6 is 0 Å². The molecule has 1 rings (SSSR count). The summed E-state index contributed by atoms with van der Waals surface area (Å²) in [5, 5.41) is 10.6. The Morgan fingerprint density at radius 2 is 2.36 bits per heavy atom. The predicted octanol–water partition coefficient (Wildman–Crippen LogP) is 0.787. The third-order valence-electron chi connectivity index (χ3n) is 1.88. The van der Waals surface area contributed by atoms with Gasteiger partial charge < -0.3 is 14.6 Å². The smallest absolute Gasteiger partial charge is 0.122 e. The Balaban J connectivity index is 3.13. The Kier molecular flexibility index (Phi) is 3.29. The standard InChI is InChI=1S/C11H12O3/c1-3-4-8-7-9(11(12)13)5-6-10(8)14-2/h3,5-7H,1,4H2,2H3,(H,12,13)/p-1. The summed E-state index contributed by atoms with van der Waals surface area (Å²) in [4.78, 5) is 10.6. The lowest BCUT2D eigenvalue weighted by Crippen LogP contribution is -2.22. The summed E-state index contributed by atoms with van der Waals surface area (Å²) in [6.45, 7) is 3.59. The summed E-state index contributed by atoms with van der Waals surface area (Å²) in [6.07, 6.45) is 2.27. The minimum Gasteiger partial charge on any atom is -0.545 e. The molecule has 0 N–H and O–H groups in total. The number of hydrogen-bond donors (Lipinski definition) is 0. The minimum atomic E-state index is -1.18. The first-order valence-electron chi connectivity index (χ1n) is 4.18. The number of carbonyl (C=O) groups is 1. The molecule has 3 nitrogen and oxygen atoms in total. The van der Waals surface area contributed by atoms with Gasteiger partial charge in [-0.1, -0.05) is 6.08 Å². The minimum absolute atomic E-state index is 0.155. The van der Waals surface area contributed by atoms with Gasteiger partial charge in [-0.05, 0) is 35.7 Å². The van der Waals surface area contributed by atoms with Crippen molar-refractivity contribution >= 4 is 5.97 Å². The van der Waals surface area contributed by atoms with E-state index in [1.165, 1.54) is 12.1 Å². The molecular weight excluding hydrogens is 180 g/mol. The molecule has 0 aliphatic carbocycles. The summed E-state index contributed by atoms with van der Waals surface area (Å²) in [7, 11) is 1.54. The number of hydrogen-bond acceptors (Lipinski definition) is 3. The highest BCUT2D eigenvalue weighted by Crippen LogP contribution is 2.20. The van der Waals surface area contributed by atoms with Crippen molar-refractivity contribution in [2.75, 3.05) is 7.11 Å². The van der Waals surface area contributed by atoms with Gasteiger partial charge in [0, 0.05) is 0 Å². The molecule has 0 bridgehead atoms. The predicted molar refractivity (Wildman–Crippen MR) is 51.2 cm³/mol. The number of carbonyl (C=O) groups excluding carboxylic acids is 1. The molecule has 0 saturated heterocycles. The normalized spacial score (nSPS) is 9.50. The fraction of sp³-hybridized carbons (Fsp3) is 0.182. The van der Waals surface area contributed by atoms with Gasteiger partial charge in [0.25, 0.3) is 0 Å². The van der Waals surface area contributed by atoms with Crippen LogP contribution in [-0.4, -0.2) is 13.1 Å². The molecule has 0 amide bonds. The van der Waals surface area contributed by atoms with Gasteiger partial charge in [-0.15, -0.1) is 6.58 Å². The summed E-state index contributed by atoms with van der Waals surface area (Å²) >= 11 is 0. The van der Waals surface area contributed by atoms with Gasteiger partial charge >= 0.3 is 0 Å². The maximum atomic E-state index is 10.6. The van der Waals surface area contributed by atoms with Gasteiger partial charge in [0.2, 0.25) is 0 Å². The molecule has 0 heterocycles. The van der Waals surface area contributed by atoms with Crippen LogP contribution in [0.1, 0.15) is 15.9 Å². The zero-order valence-corrected chi connectivity index (χ0v) is 7.95. The monoisotopic (exact) mass is 191 g/mol. The Hall–Kier alpha value is -1.77. The number of carboxylic acids is 1. The lowest BCUT2D eigenvalue weighted by atomic mass is 10.1. The average Bonchev–Trinajstić information content (AvgIpc) is 2.18. The van der Waals surface area contributed by atoms with E-state index >= 15 is 0 Å². The van der Waals surface area contributed by atoms with Crippen molar-refractivity contribution in [3.63, 3.8) is 0 Å². The first-order chi connectivity index (χ1) is 6.69. The molecule has 0 unspecified atom stereocenters. The molecule has 0 aromatic heterocycles. The van der Waals surface area contributed by atoms with E-state index in [-0.39, 0.29) is 5.56 Å². The Bertz CT molecular complexity index is 356. The number of rotatable bonds is 4. The number of ether oxygens (including phenoxy) is 1. The van der Waals surface area contributed by atoms with Crippen LogP contribution in [0.5, 0.6) is 5.75 Å². The molecule has 0 aliphatic heterocycles. The van der Waals surface area contributed by atoms with Gasteiger partial charge in [-0.3, -0.25) is 0 Å². The second-order valence-electron chi connectivity index (χ2n) is 2.81. The molecule has 0 radical (unpaired) electrons. The highest BCUT2D eigenvalue weighted by atomic mass is 16.5. The molecule has 14 heavy (non-hydrogen) atoms. The molecular formula is C11H11O3-. The number of carboxylic acid groups (broad SMARTS) is 1. The summed E-state index contributed by atoms with van der Waals surface area (Å²) in [5.41, 5.74) is 0.951. The van der Waals surface area contributed by atoms with Crippen molar-refractivity contribution in [1.29, 1.82) is 0 Å². The van der Waals surface area contributed by atoms with E-state index < -0.39 is 5.97 Å². The second-order valence-corrected chi connectivity index (χ2v) is 2.81. The molecule has 0 spiro atoms. The quantitative estimate of drug-likeness (QED) is 0.661. The van der Waals surface area contributed by atoms with Crippen LogP contribution in [0, 0.1) is 0 Å². The van der Waals surface area contributed by atoms with Crippen molar-refractivity contribution in [3.05, 3.63) is 42.0 Å². The van der Waals surface area contributed by atoms with E-state index in [1.807, 2.05) is 0 Å². The van der Waals surface area contributed by atoms with Crippen LogP contribution in [0.15, 0.2) is 30.9 Å². The largest absolute Gasteiger partial charge is 0.545 e. The number of aromatic carboxylic acids is 1. The van der Waals surface area contributed by atoms with E-state index in [1.54, 1.807) is 19.3 Å². The SMILES string of the molecule is C=CCc1cc(C(=O)[O-])ccc1OC.